The Balaban J connectivity index is 1.72. The minimum absolute atomic E-state index is 0.00204. The zero-order chi connectivity index (χ0) is 24.5. The van der Waals surface area contributed by atoms with Crippen molar-refractivity contribution in [2.45, 2.75) is 26.4 Å². The number of carbonyl (C=O) groups is 1. The fraction of sp³-hybridized carbons (Fsp3) is 0.185. The van der Waals surface area contributed by atoms with Gasteiger partial charge in [0, 0.05) is 16.6 Å². The molecular formula is C27H22ClF3N2O. The fourth-order valence-corrected chi connectivity index (χ4v) is 4.04. The Morgan fingerprint density at radius 1 is 1.00 bits per heavy atom. The second-order valence-electron chi connectivity index (χ2n) is 8.51. The third kappa shape index (κ3) is 5.23. The quantitative estimate of drug-likeness (QED) is 0.313. The van der Waals surface area contributed by atoms with E-state index >= 15 is 0 Å². The maximum atomic E-state index is 13.2. The van der Waals surface area contributed by atoms with Gasteiger partial charge in [-0.2, -0.15) is 13.2 Å². The molecule has 0 aliphatic rings. The number of fused-ring (bicyclic) bond motifs is 1. The van der Waals surface area contributed by atoms with Gasteiger partial charge in [0.05, 0.1) is 27.4 Å². The van der Waals surface area contributed by atoms with E-state index in [9.17, 15) is 18.0 Å². The number of hydrogen-bond donors (Lipinski definition) is 1. The van der Waals surface area contributed by atoms with Crippen molar-refractivity contribution in [1.29, 1.82) is 0 Å². The molecule has 4 aromatic rings. The normalized spacial score (nSPS) is 11.7. The van der Waals surface area contributed by atoms with Crippen molar-refractivity contribution >= 4 is 34.1 Å². The van der Waals surface area contributed by atoms with Gasteiger partial charge in [0.1, 0.15) is 0 Å². The van der Waals surface area contributed by atoms with Crippen molar-refractivity contribution in [3.63, 3.8) is 0 Å². The number of halogens is 4. The smallest absolute Gasteiger partial charge is 0.322 e. The number of anilines is 1. The second kappa shape index (κ2) is 9.47. The van der Waals surface area contributed by atoms with Crippen LogP contribution in [0, 0.1) is 5.92 Å². The first-order valence-corrected chi connectivity index (χ1v) is 11.2. The van der Waals surface area contributed by atoms with Gasteiger partial charge in [0.2, 0.25) is 0 Å². The number of para-hydroxylation sites is 1. The molecule has 0 fully saturated rings. The zero-order valence-corrected chi connectivity index (χ0v) is 19.3. The Labute approximate surface area is 200 Å². The average Bonchev–Trinajstić information content (AvgIpc) is 2.79. The highest BCUT2D eigenvalue weighted by atomic mass is 35.5. The van der Waals surface area contributed by atoms with E-state index in [2.05, 4.69) is 19.2 Å². The molecule has 34 heavy (non-hydrogen) atoms. The summed E-state index contributed by atoms with van der Waals surface area (Å²) in [6.07, 6.45) is -3.67. The van der Waals surface area contributed by atoms with Gasteiger partial charge in [0.25, 0.3) is 5.91 Å². The lowest BCUT2D eigenvalue weighted by atomic mass is 9.99. The number of nitrogens with zero attached hydrogens (tertiary/aromatic N) is 1. The molecule has 0 saturated heterocycles. The van der Waals surface area contributed by atoms with Crippen molar-refractivity contribution in [3.05, 3.63) is 94.5 Å². The van der Waals surface area contributed by atoms with Crippen LogP contribution >= 0.6 is 11.6 Å². The van der Waals surface area contributed by atoms with Crippen molar-refractivity contribution < 1.29 is 18.0 Å². The van der Waals surface area contributed by atoms with Gasteiger partial charge in [-0.3, -0.25) is 4.79 Å². The number of nitrogens with one attached hydrogen (secondary N) is 1. The van der Waals surface area contributed by atoms with Gasteiger partial charge in [-0.15, -0.1) is 0 Å². The van der Waals surface area contributed by atoms with Gasteiger partial charge in [0.15, 0.2) is 0 Å². The molecule has 1 N–H and O–H groups in total. The summed E-state index contributed by atoms with van der Waals surface area (Å²) in [5, 5.41) is 2.75. The number of benzene rings is 3. The first-order chi connectivity index (χ1) is 16.1. The maximum Gasteiger partial charge on any atom is 0.417 e. The summed E-state index contributed by atoms with van der Waals surface area (Å²) in [5.74, 6) is -0.00241. The van der Waals surface area contributed by atoms with E-state index in [1.165, 1.54) is 11.6 Å². The van der Waals surface area contributed by atoms with Crippen LogP contribution < -0.4 is 5.32 Å². The molecule has 174 valence electrons. The van der Waals surface area contributed by atoms with Crippen molar-refractivity contribution in [2.75, 3.05) is 5.32 Å². The van der Waals surface area contributed by atoms with Crippen LogP contribution in [0.4, 0.5) is 18.9 Å². The van der Waals surface area contributed by atoms with Gasteiger partial charge < -0.3 is 5.32 Å². The van der Waals surface area contributed by atoms with Crippen LogP contribution in [0.25, 0.3) is 22.2 Å². The topological polar surface area (TPSA) is 42.0 Å². The Bertz CT molecular complexity index is 1350. The third-order valence-corrected chi connectivity index (χ3v) is 5.71. The first kappa shape index (κ1) is 23.8. The van der Waals surface area contributed by atoms with Gasteiger partial charge in [-0.25, -0.2) is 4.98 Å². The third-order valence-electron chi connectivity index (χ3n) is 5.38. The van der Waals surface area contributed by atoms with Gasteiger partial charge >= 0.3 is 6.18 Å². The van der Waals surface area contributed by atoms with E-state index < -0.39 is 22.7 Å². The molecule has 0 saturated carbocycles. The van der Waals surface area contributed by atoms with E-state index in [1.807, 2.05) is 30.3 Å². The largest absolute Gasteiger partial charge is 0.417 e. The Kier molecular flexibility index (Phi) is 6.62. The molecule has 0 bridgehead atoms. The Morgan fingerprint density at radius 3 is 2.38 bits per heavy atom. The monoisotopic (exact) mass is 482 g/mol. The standard InChI is InChI=1S/C27H22ClF3N2O/c1-16(2)13-17-7-9-18(10-8-17)25-15-21(20-5-3-4-6-24(20)33-25)26(34)32-19-11-12-23(28)22(14-19)27(29,30)31/h3-12,14-16H,13H2,1-2H3,(H,32,34). The molecular weight excluding hydrogens is 461 g/mol. The molecule has 1 aromatic heterocycles. The maximum absolute atomic E-state index is 13.2. The molecule has 4 rings (SSSR count). The summed E-state index contributed by atoms with van der Waals surface area (Å²) >= 11 is 5.70. The summed E-state index contributed by atoms with van der Waals surface area (Å²) < 4.78 is 39.7. The predicted octanol–water partition coefficient (Wildman–Crippen LogP) is 8.02. The summed E-state index contributed by atoms with van der Waals surface area (Å²) in [5.41, 5.74) is 2.58. The summed E-state index contributed by atoms with van der Waals surface area (Å²) in [4.78, 5) is 17.9. The lowest BCUT2D eigenvalue weighted by Crippen LogP contribution is -2.14. The number of aromatic nitrogens is 1. The molecule has 7 heteroatoms. The first-order valence-electron chi connectivity index (χ1n) is 10.8. The highest BCUT2D eigenvalue weighted by Crippen LogP contribution is 2.36. The SMILES string of the molecule is CC(C)Cc1ccc(-c2cc(C(=O)Nc3ccc(Cl)c(C(F)(F)F)c3)c3ccccc3n2)cc1. The minimum Gasteiger partial charge on any atom is -0.322 e. The zero-order valence-electron chi connectivity index (χ0n) is 18.6. The molecule has 1 heterocycles. The number of carbonyl (C=O) groups excluding carboxylic acids is 1. The van der Waals surface area contributed by atoms with Crippen LogP contribution in [0.1, 0.15) is 35.3 Å². The van der Waals surface area contributed by atoms with Crippen molar-refractivity contribution in [1.82, 2.24) is 4.98 Å². The lowest BCUT2D eigenvalue weighted by molar-refractivity contribution is -0.137. The van der Waals surface area contributed by atoms with Crippen molar-refractivity contribution in [2.24, 2.45) is 5.92 Å². The molecule has 1 amide bonds. The number of pyridine rings is 1. The molecule has 0 aliphatic carbocycles. The van der Waals surface area contributed by atoms with Crippen LogP contribution in [0.3, 0.4) is 0 Å². The second-order valence-corrected chi connectivity index (χ2v) is 8.92. The molecule has 3 aromatic carbocycles. The molecule has 0 unspecified atom stereocenters. The van der Waals surface area contributed by atoms with Crippen LogP contribution in [0.5, 0.6) is 0 Å². The number of rotatable bonds is 5. The van der Waals surface area contributed by atoms with Crippen LogP contribution in [0.2, 0.25) is 5.02 Å². The molecule has 0 atom stereocenters. The summed E-state index contributed by atoms with van der Waals surface area (Å²) in [6.45, 7) is 4.31. The number of amides is 1. The summed E-state index contributed by atoms with van der Waals surface area (Å²) in [6, 6.07) is 20.1. The number of alkyl halides is 3. The van der Waals surface area contributed by atoms with Crippen molar-refractivity contribution in [3.8, 4) is 11.3 Å². The number of hydrogen-bond acceptors (Lipinski definition) is 2. The molecule has 0 spiro atoms. The Morgan fingerprint density at radius 2 is 1.71 bits per heavy atom. The minimum atomic E-state index is -4.63. The molecule has 3 nitrogen and oxygen atoms in total. The average molecular weight is 483 g/mol. The van der Waals surface area contributed by atoms with E-state index in [4.69, 9.17) is 16.6 Å². The highest BCUT2D eigenvalue weighted by Gasteiger charge is 2.33. The van der Waals surface area contributed by atoms with Crippen LogP contribution in [-0.4, -0.2) is 10.9 Å². The summed E-state index contributed by atoms with van der Waals surface area (Å²) in [7, 11) is 0. The van der Waals surface area contributed by atoms with Gasteiger partial charge in [-0.05, 0) is 48.2 Å². The van der Waals surface area contributed by atoms with E-state index in [1.54, 1.807) is 24.3 Å². The van der Waals surface area contributed by atoms with Gasteiger partial charge in [-0.1, -0.05) is 67.9 Å². The van der Waals surface area contributed by atoms with Crippen LogP contribution in [-0.2, 0) is 12.6 Å². The molecule has 0 radical (unpaired) electrons. The highest BCUT2D eigenvalue weighted by molar-refractivity contribution is 6.31. The fourth-order valence-electron chi connectivity index (χ4n) is 3.81. The Hall–Kier alpha value is -3.38. The van der Waals surface area contributed by atoms with Crippen LogP contribution in [0.15, 0.2) is 72.8 Å². The van der Waals surface area contributed by atoms with E-state index in [0.717, 1.165) is 24.1 Å². The van der Waals surface area contributed by atoms with E-state index in [-0.39, 0.29) is 5.69 Å². The lowest BCUT2D eigenvalue weighted by Gasteiger charge is -2.13. The molecule has 0 aliphatic heterocycles. The predicted molar refractivity (Wildman–Crippen MR) is 130 cm³/mol. The van der Waals surface area contributed by atoms with E-state index in [0.29, 0.717) is 28.1 Å².